The maximum absolute atomic E-state index is 12.1. The third-order valence-corrected chi connectivity index (χ3v) is 2.23. The largest absolute Gasteiger partial charge is 0.481 e. The first kappa shape index (κ1) is 17.7. The van der Waals surface area contributed by atoms with Gasteiger partial charge in [0, 0.05) is 19.6 Å². The minimum atomic E-state index is -0.904. The molecule has 0 aliphatic rings. The van der Waals surface area contributed by atoms with Crippen LogP contribution in [0, 0.1) is 10.8 Å². The first-order valence-electron chi connectivity index (χ1n) is 6.65. The summed E-state index contributed by atoms with van der Waals surface area (Å²) < 4.78 is 0. The maximum atomic E-state index is 12.1. The van der Waals surface area contributed by atoms with Gasteiger partial charge in [0.1, 0.15) is 0 Å². The molecular weight excluding hydrogens is 244 g/mol. The van der Waals surface area contributed by atoms with Gasteiger partial charge in [-0.15, -0.1) is 0 Å². The van der Waals surface area contributed by atoms with E-state index in [9.17, 15) is 9.59 Å². The van der Waals surface area contributed by atoms with Gasteiger partial charge in [-0.3, -0.25) is 4.79 Å². The molecule has 0 saturated carbocycles. The summed E-state index contributed by atoms with van der Waals surface area (Å²) in [7, 11) is 0. The molecule has 0 rings (SSSR count). The number of hydrogen-bond donors (Lipinski definition) is 2. The molecule has 2 amide bonds. The summed E-state index contributed by atoms with van der Waals surface area (Å²) in [4.78, 5) is 24.3. The van der Waals surface area contributed by atoms with Gasteiger partial charge >= 0.3 is 12.0 Å². The second kappa shape index (κ2) is 6.78. The molecule has 0 aliphatic heterocycles. The van der Waals surface area contributed by atoms with E-state index >= 15 is 0 Å². The van der Waals surface area contributed by atoms with Crippen LogP contribution in [0.2, 0.25) is 0 Å². The van der Waals surface area contributed by atoms with Crippen molar-refractivity contribution < 1.29 is 14.7 Å². The second-order valence-electron chi connectivity index (χ2n) is 7.35. The molecule has 0 spiro atoms. The van der Waals surface area contributed by atoms with Crippen molar-refractivity contribution in [1.29, 1.82) is 0 Å². The molecule has 112 valence electrons. The van der Waals surface area contributed by atoms with Crippen molar-refractivity contribution in [3.63, 3.8) is 0 Å². The Bertz CT molecular complexity index is 298. The van der Waals surface area contributed by atoms with Gasteiger partial charge in [0.25, 0.3) is 0 Å². The van der Waals surface area contributed by atoms with Crippen LogP contribution in [0.1, 0.15) is 48.0 Å². The van der Waals surface area contributed by atoms with Gasteiger partial charge in [-0.05, 0) is 10.8 Å². The monoisotopic (exact) mass is 272 g/mol. The van der Waals surface area contributed by atoms with Crippen LogP contribution in [-0.4, -0.2) is 41.6 Å². The minimum Gasteiger partial charge on any atom is -0.481 e. The first-order chi connectivity index (χ1) is 8.41. The van der Waals surface area contributed by atoms with E-state index in [2.05, 4.69) is 46.9 Å². The Morgan fingerprint density at radius 3 is 1.74 bits per heavy atom. The molecule has 0 saturated heterocycles. The molecule has 0 heterocycles. The molecule has 0 aromatic rings. The summed E-state index contributed by atoms with van der Waals surface area (Å²) in [6, 6.07) is -0.189. The number of aliphatic carboxylic acids is 1. The third-order valence-electron chi connectivity index (χ3n) is 2.23. The van der Waals surface area contributed by atoms with E-state index < -0.39 is 5.97 Å². The molecular formula is C14H28N2O3. The fourth-order valence-corrected chi connectivity index (χ4v) is 1.73. The van der Waals surface area contributed by atoms with Crippen LogP contribution in [0.5, 0.6) is 0 Å². The van der Waals surface area contributed by atoms with Crippen molar-refractivity contribution in [1.82, 2.24) is 10.2 Å². The highest BCUT2D eigenvalue weighted by Crippen LogP contribution is 2.20. The fourth-order valence-electron chi connectivity index (χ4n) is 1.73. The molecule has 5 heteroatoms. The van der Waals surface area contributed by atoms with Crippen LogP contribution in [0.4, 0.5) is 4.79 Å². The van der Waals surface area contributed by atoms with Gasteiger partial charge in [0.2, 0.25) is 0 Å². The van der Waals surface area contributed by atoms with Crippen molar-refractivity contribution in [3.8, 4) is 0 Å². The Kier molecular flexibility index (Phi) is 6.33. The number of nitrogens with zero attached hydrogens (tertiary/aromatic N) is 1. The summed E-state index contributed by atoms with van der Waals surface area (Å²) in [5.74, 6) is -0.904. The lowest BCUT2D eigenvalue weighted by Crippen LogP contribution is -2.47. The van der Waals surface area contributed by atoms with Crippen LogP contribution in [0.25, 0.3) is 0 Å². The Balaban J connectivity index is 4.55. The quantitative estimate of drug-likeness (QED) is 0.808. The summed E-state index contributed by atoms with van der Waals surface area (Å²) >= 11 is 0. The maximum Gasteiger partial charge on any atom is 0.317 e. The molecule has 0 aliphatic carbocycles. The normalized spacial score (nSPS) is 12.1. The van der Waals surface area contributed by atoms with Crippen molar-refractivity contribution in [2.45, 2.75) is 48.0 Å². The van der Waals surface area contributed by atoms with Gasteiger partial charge in [0.05, 0.1) is 6.42 Å². The highest BCUT2D eigenvalue weighted by Gasteiger charge is 2.25. The molecule has 0 atom stereocenters. The summed E-state index contributed by atoms with van der Waals surface area (Å²) in [6.45, 7) is 13.9. The fraction of sp³-hybridized carbons (Fsp3) is 0.857. The van der Waals surface area contributed by atoms with E-state index in [4.69, 9.17) is 5.11 Å². The molecule has 5 nitrogen and oxygen atoms in total. The zero-order valence-corrected chi connectivity index (χ0v) is 13.0. The Labute approximate surface area is 116 Å². The average molecular weight is 272 g/mol. The van der Waals surface area contributed by atoms with E-state index in [0.717, 1.165) is 0 Å². The van der Waals surface area contributed by atoms with E-state index in [1.165, 1.54) is 0 Å². The zero-order chi connectivity index (χ0) is 15.3. The molecule has 0 radical (unpaired) electrons. The molecule has 0 aromatic heterocycles. The lowest BCUT2D eigenvalue weighted by atomic mass is 9.92. The third kappa shape index (κ3) is 10.4. The van der Waals surface area contributed by atoms with Crippen molar-refractivity contribution in [3.05, 3.63) is 0 Å². The van der Waals surface area contributed by atoms with Gasteiger partial charge in [0.15, 0.2) is 0 Å². The number of urea groups is 1. The number of carboxylic acids is 1. The summed E-state index contributed by atoms with van der Waals surface area (Å²) in [5, 5.41) is 11.2. The second-order valence-corrected chi connectivity index (χ2v) is 7.35. The SMILES string of the molecule is CC(C)(C)CN(CC(C)(C)C)C(=O)NCCC(=O)O. The molecule has 19 heavy (non-hydrogen) atoms. The number of rotatable bonds is 5. The predicted molar refractivity (Wildman–Crippen MR) is 76.1 cm³/mol. The van der Waals surface area contributed by atoms with Crippen molar-refractivity contribution in [2.24, 2.45) is 10.8 Å². The van der Waals surface area contributed by atoms with E-state index in [0.29, 0.717) is 13.1 Å². The van der Waals surface area contributed by atoms with Gasteiger partial charge in [-0.2, -0.15) is 0 Å². The highest BCUT2D eigenvalue weighted by atomic mass is 16.4. The number of amides is 2. The van der Waals surface area contributed by atoms with Gasteiger partial charge in [-0.1, -0.05) is 41.5 Å². The Morgan fingerprint density at radius 1 is 1.00 bits per heavy atom. The molecule has 0 fully saturated rings. The smallest absolute Gasteiger partial charge is 0.317 e. The predicted octanol–water partition coefficient (Wildman–Crippen LogP) is 2.56. The number of hydrogen-bond acceptors (Lipinski definition) is 2. The Hall–Kier alpha value is -1.26. The lowest BCUT2D eigenvalue weighted by molar-refractivity contribution is -0.136. The molecule has 0 bridgehead atoms. The standard InChI is InChI=1S/C14H28N2O3/c1-13(2,3)9-16(10-14(4,5)6)12(19)15-8-7-11(17)18/h7-10H2,1-6H3,(H,15,19)(H,17,18). The molecule has 0 unspecified atom stereocenters. The minimum absolute atomic E-state index is 0.00931. The topological polar surface area (TPSA) is 69.6 Å². The van der Waals surface area contributed by atoms with Crippen LogP contribution in [-0.2, 0) is 4.79 Å². The number of carboxylic acid groups (broad SMARTS) is 1. The van der Waals surface area contributed by atoms with Crippen LogP contribution < -0.4 is 5.32 Å². The highest BCUT2D eigenvalue weighted by molar-refractivity contribution is 5.75. The Morgan fingerprint density at radius 2 is 1.42 bits per heavy atom. The zero-order valence-electron chi connectivity index (χ0n) is 13.0. The van der Waals surface area contributed by atoms with Crippen LogP contribution in [0.3, 0.4) is 0 Å². The van der Waals surface area contributed by atoms with E-state index in [1.54, 1.807) is 4.90 Å². The molecule has 2 N–H and O–H groups in total. The first-order valence-corrected chi connectivity index (χ1v) is 6.65. The molecule has 0 aromatic carbocycles. The van der Waals surface area contributed by atoms with Gasteiger partial charge in [-0.25, -0.2) is 4.79 Å². The van der Waals surface area contributed by atoms with Crippen molar-refractivity contribution in [2.75, 3.05) is 19.6 Å². The van der Waals surface area contributed by atoms with Crippen molar-refractivity contribution >= 4 is 12.0 Å². The summed E-state index contributed by atoms with van der Waals surface area (Å²) in [6.07, 6.45) is -0.0510. The number of nitrogens with one attached hydrogen (secondary N) is 1. The average Bonchev–Trinajstić information content (AvgIpc) is 2.11. The van der Waals surface area contributed by atoms with Gasteiger partial charge < -0.3 is 15.3 Å². The van der Waals surface area contributed by atoms with E-state index in [-0.39, 0.29) is 29.8 Å². The number of carbonyl (C=O) groups is 2. The van der Waals surface area contributed by atoms with Crippen LogP contribution >= 0.6 is 0 Å². The lowest BCUT2D eigenvalue weighted by Gasteiger charge is -2.34. The van der Waals surface area contributed by atoms with E-state index in [1.807, 2.05) is 0 Å². The summed E-state index contributed by atoms with van der Waals surface area (Å²) in [5.41, 5.74) is 0.0186. The van der Waals surface area contributed by atoms with Crippen LogP contribution in [0.15, 0.2) is 0 Å². The number of carbonyl (C=O) groups excluding carboxylic acids is 1.